The van der Waals surface area contributed by atoms with Crippen molar-refractivity contribution >= 4 is 0 Å². The van der Waals surface area contributed by atoms with Crippen LogP contribution in [0.3, 0.4) is 0 Å². The molecule has 0 saturated heterocycles. The minimum Gasteiger partial charge on any atom is -0.497 e. The lowest BCUT2D eigenvalue weighted by atomic mass is 9.80. The van der Waals surface area contributed by atoms with Gasteiger partial charge in [-0.15, -0.1) is 0 Å². The summed E-state index contributed by atoms with van der Waals surface area (Å²) in [6.07, 6.45) is -0.364. The van der Waals surface area contributed by atoms with Gasteiger partial charge in [0, 0.05) is 0 Å². The van der Waals surface area contributed by atoms with Crippen molar-refractivity contribution in [3.05, 3.63) is 162 Å². The lowest BCUT2D eigenvalue weighted by molar-refractivity contribution is -0.0826. The first-order valence-electron chi connectivity index (χ1n) is 14.0. The number of hydrogen-bond acceptors (Lipinski definition) is 5. The zero-order valence-electron chi connectivity index (χ0n) is 24.0. The highest BCUT2D eigenvalue weighted by Crippen LogP contribution is 2.41. The highest BCUT2D eigenvalue weighted by atomic mass is 16.6. The van der Waals surface area contributed by atoms with E-state index in [9.17, 15) is 0 Å². The predicted octanol–water partition coefficient (Wildman–Crippen LogP) is 7.68. The summed E-state index contributed by atoms with van der Waals surface area (Å²) in [6, 6.07) is 46.3. The Morgan fingerprint density at radius 1 is 0.500 bits per heavy atom. The van der Waals surface area contributed by atoms with E-state index in [0.29, 0.717) is 13.2 Å². The van der Waals surface area contributed by atoms with Crippen LogP contribution in [0.1, 0.15) is 22.3 Å². The topological polar surface area (TPSA) is 46.2 Å². The molecule has 0 heterocycles. The van der Waals surface area contributed by atoms with E-state index in [1.54, 1.807) is 14.2 Å². The number of rotatable bonds is 14. The van der Waals surface area contributed by atoms with Crippen molar-refractivity contribution < 1.29 is 23.7 Å². The van der Waals surface area contributed by atoms with Gasteiger partial charge in [-0.3, -0.25) is 0 Å². The number of methoxy groups -OCH3 is 2. The molecule has 0 bridgehead atoms. The van der Waals surface area contributed by atoms with Crippen LogP contribution >= 0.6 is 0 Å². The maximum absolute atomic E-state index is 7.07. The van der Waals surface area contributed by atoms with Crippen LogP contribution in [0.2, 0.25) is 0 Å². The van der Waals surface area contributed by atoms with Crippen LogP contribution in [0.15, 0.2) is 140 Å². The second kappa shape index (κ2) is 14.4. The molecule has 0 spiro atoms. The van der Waals surface area contributed by atoms with Crippen molar-refractivity contribution in [3.8, 4) is 17.2 Å². The Morgan fingerprint density at radius 2 is 0.952 bits per heavy atom. The van der Waals surface area contributed by atoms with Gasteiger partial charge in [0.2, 0.25) is 0 Å². The minimum absolute atomic E-state index is 0.277. The standard InChI is InChI=1S/C37H36O5/c1-38-33-20-18-32(19-21-33)37(30-14-8-4-9-15-30,31-16-10-5-11-17-31)42-28-36(40-26-29-12-6-3-7-13-29)27-41-35-24-22-34(39-2)23-25-35/h3-25,36H,26-28H2,1-2H3/t36-/m1/s1. The molecule has 0 aromatic heterocycles. The molecule has 0 aliphatic carbocycles. The average Bonchev–Trinajstić information content (AvgIpc) is 3.07. The van der Waals surface area contributed by atoms with Crippen molar-refractivity contribution in [2.75, 3.05) is 27.4 Å². The van der Waals surface area contributed by atoms with Crippen LogP contribution in [-0.2, 0) is 21.7 Å². The fraction of sp³-hybridized carbons (Fsp3) is 0.189. The fourth-order valence-corrected chi connectivity index (χ4v) is 4.93. The summed E-state index contributed by atoms with van der Waals surface area (Å²) >= 11 is 0. The molecule has 0 unspecified atom stereocenters. The van der Waals surface area contributed by atoms with Crippen molar-refractivity contribution in [1.82, 2.24) is 0 Å². The fourth-order valence-electron chi connectivity index (χ4n) is 4.93. The molecule has 0 aliphatic rings. The molecule has 5 nitrogen and oxygen atoms in total. The number of ether oxygens (including phenoxy) is 5. The Bertz CT molecular complexity index is 1430. The van der Waals surface area contributed by atoms with Crippen LogP contribution in [0.25, 0.3) is 0 Å². The lowest BCUT2D eigenvalue weighted by Crippen LogP contribution is -2.38. The van der Waals surface area contributed by atoms with Gasteiger partial charge in [-0.2, -0.15) is 0 Å². The van der Waals surface area contributed by atoms with E-state index in [1.165, 1.54) is 0 Å². The summed E-state index contributed by atoms with van der Waals surface area (Å²) < 4.78 is 30.5. The van der Waals surface area contributed by atoms with E-state index in [1.807, 2.05) is 91.0 Å². The van der Waals surface area contributed by atoms with Gasteiger partial charge in [0.15, 0.2) is 0 Å². The summed E-state index contributed by atoms with van der Waals surface area (Å²) in [5.41, 5.74) is 3.19. The van der Waals surface area contributed by atoms with Crippen LogP contribution in [0, 0.1) is 0 Å². The first-order chi connectivity index (χ1) is 20.7. The summed E-state index contributed by atoms with van der Waals surface area (Å²) in [4.78, 5) is 0. The molecule has 0 amide bonds. The Kier molecular flexibility index (Phi) is 9.89. The van der Waals surface area contributed by atoms with E-state index in [2.05, 4.69) is 48.5 Å². The zero-order chi connectivity index (χ0) is 29.0. The third kappa shape index (κ3) is 7.00. The van der Waals surface area contributed by atoms with Crippen molar-refractivity contribution in [2.24, 2.45) is 0 Å². The third-order valence-electron chi connectivity index (χ3n) is 7.17. The molecular weight excluding hydrogens is 524 g/mol. The molecule has 0 aliphatic heterocycles. The molecule has 5 rings (SSSR count). The monoisotopic (exact) mass is 560 g/mol. The highest BCUT2D eigenvalue weighted by molar-refractivity contribution is 5.48. The van der Waals surface area contributed by atoms with Crippen LogP contribution < -0.4 is 14.2 Å². The van der Waals surface area contributed by atoms with E-state index in [0.717, 1.165) is 39.5 Å². The summed E-state index contributed by atoms with van der Waals surface area (Å²) in [7, 11) is 3.32. The normalized spacial score (nSPS) is 12.0. The van der Waals surface area contributed by atoms with Gasteiger partial charge in [0.05, 0.1) is 27.4 Å². The molecule has 5 aromatic rings. The SMILES string of the molecule is COc1ccc(OC[C@H](COC(c2ccccc2)(c2ccccc2)c2ccc(OC)cc2)OCc2ccccc2)cc1. The molecule has 5 heteroatoms. The van der Waals surface area contributed by atoms with E-state index < -0.39 is 5.60 Å². The van der Waals surface area contributed by atoms with Crippen LogP contribution in [0.4, 0.5) is 0 Å². The Morgan fingerprint density at radius 3 is 1.48 bits per heavy atom. The molecule has 0 radical (unpaired) electrons. The van der Waals surface area contributed by atoms with Crippen molar-refractivity contribution in [1.29, 1.82) is 0 Å². The van der Waals surface area contributed by atoms with Gasteiger partial charge in [0.25, 0.3) is 0 Å². The molecular formula is C37H36O5. The molecule has 1 atom stereocenters. The first kappa shape index (κ1) is 28.9. The lowest BCUT2D eigenvalue weighted by Gasteiger charge is -2.37. The van der Waals surface area contributed by atoms with Crippen LogP contribution in [0.5, 0.6) is 17.2 Å². The molecule has 42 heavy (non-hydrogen) atoms. The summed E-state index contributed by atoms with van der Waals surface area (Å²) in [6.45, 7) is 1.02. The smallest absolute Gasteiger partial charge is 0.143 e. The molecule has 0 fully saturated rings. The Hall–Kier alpha value is -4.58. The number of benzene rings is 5. The quantitative estimate of drug-likeness (QED) is 0.130. The average molecular weight is 561 g/mol. The van der Waals surface area contributed by atoms with Gasteiger partial charge >= 0.3 is 0 Å². The van der Waals surface area contributed by atoms with Gasteiger partial charge in [-0.25, -0.2) is 0 Å². The second-order valence-electron chi connectivity index (χ2n) is 9.86. The van der Waals surface area contributed by atoms with E-state index in [-0.39, 0.29) is 12.7 Å². The zero-order valence-corrected chi connectivity index (χ0v) is 24.0. The van der Waals surface area contributed by atoms with E-state index >= 15 is 0 Å². The van der Waals surface area contributed by atoms with Crippen LogP contribution in [-0.4, -0.2) is 33.5 Å². The van der Waals surface area contributed by atoms with Gasteiger partial charge < -0.3 is 23.7 Å². The van der Waals surface area contributed by atoms with Gasteiger partial charge in [-0.1, -0.05) is 103 Å². The second-order valence-corrected chi connectivity index (χ2v) is 9.86. The Balaban J connectivity index is 1.48. The van der Waals surface area contributed by atoms with Crippen molar-refractivity contribution in [3.63, 3.8) is 0 Å². The Labute approximate surface area is 248 Å². The van der Waals surface area contributed by atoms with E-state index in [4.69, 9.17) is 23.7 Å². The number of hydrogen-bond donors (Lipinski definition) is 0. The predicted molar refractivity (Wildman–Crippen MR) is 165 cm³/mol. The maximum atomic E-state index is 7.07. The van der Waals surface area contributed by atoms with Gasteiger partial charge in [-0.05, 0) is 58.7 Å². The first-order valence-corrected chi connectivity index (χ1v) is 14.0. The minimum atomic E-state index is -0.900. The van der Waals surface area contributed by atoms with Gasteiger partial charge in [0.1, 0.15) is 35.6 Å². The molecule has 0 saturated carbocycles. The summed E-state index contributed by atoms with van der Waals surface area (Å²) in [5.74, 6) is 2.29. The molecule has 0 N–H and O–H groups in total. The third-order valence-corrected chi connectivity index (χ3v) is 7.17. The maximum Gasteiger partial charge on any atom is 0.143 e. The van der Waals surface area contributed by atoms with Crippen molar-refractivity contribution in [2.45, 2.75) is 18.3 Å². The molecule has 214 valence electrons. The molecule has 5 aromatic carbocycles. The summed E-state index contributed by atoms with van der Waals surface area (Å²) in [5, 5.41) is 0. The highest BCUT2D eigenvalue weighted by Gasteiger charge is 2.38. The largest absolute Gasteiger partial charge is 0.497 e.